The number of rotatable bonds is 7. The number of carbonyl (C=O) groups excluding carboxylic acids is 1. The second-order valence-electron chi connectivity index (χ2n) is 5.34. The molecule has 0 bridgehead atoms. The third-order valence-corrected chi connectivity index (χ3v) is 2.97. The lowest BCUT2D eigenvalue weighted by Crippen LogP contribution is -2.15. The molecule has 0 spiro atoms. The molecule has 2 N–H and O–H groups in total. The highest BCUT2D eigenvalue weighted by atomic mass is 16.5. The minimum absolute atomic E-state index is 0.0551. The summed E-state index contributed by atoms with van der Waals surface area (Å²) in [7, 11) is 0. The molecule has 0 aliphatic carbocycles. The van der Waals surface area contributed by atoms with E-state index in [4.69, 9.17) is 4.74 Å². The van der Waals surface area contributed by atoms with E-state index in [2.05, 4.69) is 24.5 Å². The van der Waals surface area contributed by atoms with Crippen molar-refractivity contribution in [3.63, 3.8) is 0 Å². The molecule has 0 saturated heterocycles. The van der Waals surface area contributed by atoms with Crippen LogP contribution in [0.4, 0.5) is 11.4 Å². The summed E-state index contributed by atoms with van der Waals surface area (Å²) in [6, 6.07) is 17.6. The molecule has 0 atom stereocenters. The lowest BCUT2D eigenvalue weighted by atomic mass is 10.2. The van der Waals surface area contributed by atoms with Crippen LogP contribution in [0.1, 0.15) is 20.3 Å². The van der Waals surface area contributed by atoms with Crippen molar-refractivity contribution < 1.29 is 9.53 Å². The first-order valence-corrected chi connectivity index (χ1v) is 7.48. The standard InChI is InChI=1S/C18H22N2O2/c1-14(2)19-15-8-10-16(11-9-15)20-18(21)12-13-22-17-6-4-3-5-7-17/h3-11,14,19H,12-13H2,1-2H3,(H,20,21). The maximum atomic E-state index is 11.9. The fourth-order valence-electron chi connectivity index (χ4n) is 1.98. The number of nitrogens with one attached hydrogen (secondary N) is 2. The minimum atomic E-state index is -0.0551. The second kappa shape index (κ2) is 8.08. The average molecular weight is 298 g/mol. The summed E-state index contributed by atoms with van der Waals surface area (Å²) < 4.78 is 5.51. The lowest BCUT2D eigenvalue weighted by molar-refractivity contribution is -0.116. The van der Waals surface area contributed by atoms with Crippen LogP contribution in [0.25, 0.3) is 0 Å². The predicted octanol–water partition coefficient (Wildman–Crippen LogP) is 3.91. The summed E-state index contributed by atoms with van der Waals surface area (Å²) in [5, 5.41) is 6.17. The van der Waals surface area contributed by atoms with E-state index in [-0.39, 0.29) is 5.91 Å². The molecular weight excluding hydrogens is 276 g/mol. The van der Waals surface area contributed by atoms with Crippen molar-refractivity contribution in [1.82, 2.24) is 0 Å². The number of amides is 1. The minimum Gasteiger partial charge on any atom is -0.493 e. The molecule has 0 fully saturated rings. The summed E-state index contributed by atoms with van der Waals surface area (Å²) in [6.45, 7) is 4.54. The Hall–Kier alpha value is -2.49. The fourth-order valence-corrected chi connectivity index (χ4v) is 1.98. The van der Waals surface area contributed by atoms with Gasteiger partial charge in [0.2, 0.25) is 5.91 Å². The van der Waals surface area contributed by atoms with Gasteiger partial charge in [-0.15, -0.1) is 0 Å². The maximum Gasteiger partial charge on any atom is 0.227 e. The Kier molecular flexibility index (Phi) is 5.83. The molecule has 0 radical (unpaired) electrons. The molecule has 2 rings (SSSR count). The van der Waals surface area contributed by atoms with Crippen molar-refractivity contribution in [1.29, 1.82) is 0 Å². The zero-order valence-electron chi connectivity index (χ0n) is 13.0. The molecule has 22 heavy (non-hydrogen) atoms. The van der Waals surface area contributed by atoms with Crippen LogP contribution in [0.5, 0.6) is 5.75 Å². The SMILES string of the molecule is CC(C)Nc1ccc(NC(=O)CCOc2ccccc2)cc1. The van der Waals surface area contributed by atoms with Crippen LogP contribution in [0.3, 0.4) is 0 Å². The molecule has 2 aromatic carbocycles. The van der Waals surface area contributed by atoms with Crippen molar-refractivity contribution in [3.8, 4) is 5.75 Å². The van der Waals surface area contributed by atoms with Gasteiger partial charge >= 0.3 is 0 Å². The summed E-state index contributed by atoms with van der Waals surface area (Å²) in [4.78, 5) is 11.9. The quantitative estimate of drug-likeness (QED) is 0.814. The van der Waals surface area contributed by atoms with Gasteiger partial charge in [-0.3, -0.25) is 4.79 Å². The number of ether oxygens (including phenoxy) is 1. The van der Waals surface area contributed by atoms with E-state index in [0.29, 0.717) is 19.1 Å². The highest BCUT2D eigenvalue weighted by Gasteiger charge is 2.03. The third-order valence-electron chi connectivity index (χ3n) is 2.97. The van der Waals surface area contributed by atoms with Gasteiger partial charge in [0, 0.05) is 17.4 Å². The number of hydrogen-bond donors (Lipinski definition) is 2. The Morgan fingerprint density at radius 1 is 1.00 bits per heavy atom. The highest BCUT2D eigenvalue weighted by Crippen LogP contribution is 2.15. The van der Waals surface area contributed by atoms with Crippen LogP contribution < -0.4 is 15.4 Å². The van der Waals surface area contributed by atoms with Gasteiger partial charge in [0.25, 0.3) is 0 Å². The normalized spacial score (nSPS) is 10.3. The first kappa shape index (κ1) is 15.9. The summed E-state index contributed by atoms with van der Waals surface area (Å²) in [5.41, 5.74) is 1.83. The van der Waals surface area contributed by atoms with Gasteiger partial charge in [0.15, 0.2) is 0 Å². The van der Waals surface area contributed by atoms with E-state index in [0.717, 1.165) is 17.1 Å². The van der Waals surface area contributed by atoms with E-state index in [1.54, 1.807) is 0 Å². The van der Waals surface area contributed by atoms with Gasteiger partial charge in [0.1, 0.15) is 5.75 Å². The van der Waals surface area contributed by atoms with Gasteiger partial charge in [-0.05, 0) is 50.2 Å². The molecule has 0 aliphatic rings. The fraction of sp³-hybridized carbons (Fsp3) is 0.278. The van der Waals surface area contributed by atoms with E-state index in [1.807, 2.05) is 54.6 Å². The van der Waals surface area contributed by atoms with Crippen molar-refractivity contribution in [2.75, 3.05) is 17.2 Å². The Bertz CT molecular complexity index is 580. The van der Waals surface area contributed by atoms with Crippen LogP contribution in [0.15, 0.2) is 54.6 Å². The maximum absolute atomic E-state index is 11.9. The largest absolute Gasteiger partial charge is 0.493 e. The van der Waals surface area contributed by atoms with Crippen molar-refractivity contribution in [2.24, 2.45) is 0 Å². The first-order chi connectivity index (χ1) is 10.6. The molecular formula is C18H22N2O2. The second-order valence-corrected chi connectivity index (χ2v) is 5.34. The van der Waals surface area contributed by atoms with Crippen molar-refractivity contribution >= 4 is 17.3 Å². The van der Waals surface area contributed by atoms with Crippen molar-refractivity contribution in [2.45, 2.75) is 26.3 Å². The van der Waals surface area contributed by atoms with E-state index in [9.17, 15) is 4.79 Å². The monoisotopic (exact) mass is 298 g/mol. The van der Waals surface area contributed by atoms with Gasteiger partial charge < -0.3 is 15.4 Å². The third kappa shape index (κ3) is 5.48. The molecule has 2 aromatic rings. The van der Waals surface area contributed by atoms with Crippen LogP contribution >= 0.6 is 0 Å². The van der Waals surface area contributed by atoms with Gasteiger partial charge in [-0.25, -0.2) is 0 Å². The van der Waals surface area contributed by atoms with Crippen LogP contribution in [-0.4, -0.2) is 18.6 Å². The Morgan fingerprint density at radius 3 is 2.27 bits per heavy atom. The number of benzene rings is 2. The summed E-state index contributed by atoms with van der Waals surface area (Å²) in [5.74, 6) is 0.722. The molecule has 0 unspecified atom stereocenters. The molecule has 0 aromatic heterocycles. The molecule has 4 nitrogen and oxygen atoms in total. The Morgan fingerprint density at radius 2 is 1.64 bits per heavy atom. The van der Waals surface area contributed by atoms with Crippen LogP contribution in [0.2, 0.25) is 0 Å². The zero-order valence-corrected chi connectivity index (χ0v) is 13.0. The van der Waals surface area contributed by atoms with Crippen molar-refractivity contribution in [3.05, 3.63) is 54.6 Å². The van der Waals surface area contributed by atoms with Gasteiger partial charge in [0.05, 0.1) is 13.0 Å². The molecule has 116 valence electrons. The van der Waals surface area contributed by atoms with Gasteiger partial charge in [-0.2, -0.15) is 0 Å². The van der Waals surface area contributed by atoms with Crippen LogP contribution in [0, 0.1) is 0 Å². The molecule has 4 heteroatoms. The number of anilines is 2. The zero-order chi connectivity index (χ0) is 15.8. The molecule has 0 aliphatic heterocycles. The van der Waals surface area contributed by atoms with E-state index in [1.165, 1.54) is 0 Å². The topological polar surface area (TPSA) is 50.4 Å². The number of para-hydroxylation sites is 1. The predicted molar refractivity (Wildman–Crippen MR) is 90.4 cm³/mol. The van der Waals surface area contributed by atoms with E-state index >= 15 is 0 Å². The smallest absolute Gasteiger partial charge is 0.227 e. The highest BCUT2D eigenvalue weighted by molar-refractivity contribution is 5.90. The average Bonchev–Trinajstić information content (AvgIpc) is 2.50. The Labute approximate surface area is 131 Å². The lowest BCUT2D eigenvalue weighted by Gasteiger charge is -2.11. The Balaban J connectivity index is 1.74. The van der Waals surface area contributed by atoms with E-state index < -0.39 is 0 Å². The number of hydrogen-bond acceptors (Lipinski definition) is 3. The molecule has 1 amide bonds. The number of carbonyl (C=O) groups is 1. The summed E-state index contributed by atoms with van der Waals surface area (Å²) in [6.07, 6.45) is 0.320. The first-order valence-electron chi connectivity index (χ1n) is 7.48. The molecule has 0 saturated carbocycles. The molecule has 0 heterocycles. The summed E-state index contributed by atoms with van der Waals surface area (Å²) >= 11 is 0. The van der Waals surface area contributed by atoms with Gasteiger partial charge in [-0.1, -0.05) is 18.2 Å². The van der Waals surface area contributed by atoms with Crippen LogP contribution in [-0.2, 0) is 4.79 Å².